The molecule has 1 saturated carbocycles. The molecule has 2 rings (SSSR count). The molecular formula is C13H17N3. The summed E-state index contributed by atoms with van der Waals surface area (Å²) in [4.78, 5) is 4.18. The predicted molar refractivity (Wildman–Crippen MR) is 64.8 cm³/mol. The highest BCUT2D eigenvalue weighted by Gasteiger charge is 2.35. The Balaban J connectivity index is 1.93. The maximum Gasteiger partial charge on any atom is 0.104 e. The molecule has 2 atom stereocenters. The van der Waals surface area contributed by atoms with Crippen LogP contribution in [0.2, 0.25) is 0 Å². The largest absolute Gasteiger partial charge is 0.313 e. The molecule has 0 bridgehead atoms. The molecule has 0 saturated heterocycles. The van der Waals surface area contributed by atoms with E-state index in [0.29, 0.717) is 5.92 Å². The lowest BCUT2D eigenvalue weighted by molar-refractivity contribution is 0.492. The number of nitriles is 1. The fraction of sp³-hybridized carbons (Fsp3) is 0.538. The second-order valence-corrected chi connectivity index (χ2v) is 4.80. The lowest BCUT2D eigenvalue weighted by Crippen LogP contribution is -2.34. The zero-order chi connectivity index (χ0) is 11.4. The van der Waals surface area contributed by atoms with Gasteiger partial charge in [0.15, 0.2) is 0 Å². The minimum Gasteiger partial charge on any atom is -0.313 e. The Morgan fingerprint density at radius 3 is 3.25 bits per heavy atom. The van der Waals surface area contributed by atoms with Gasteiger partial charge < -0.3 is 5.73 Å². The van der Waals surface area contributed by atoms with Crippen LogP contribution < -0.4 is 5.73 Å². The van der Waals surface area contributed by atoms with Crippen molar-refractivity contribution in [1.82, 2.24) is 0 Å². The predicted octanol–water partition coefficient (Wildman–Crippen LogP) is 2.31. The van der Waals surface area contributed by atoms with E-state index < -0.39 is 5.54 Å². The molecular weight excluding hydrogens is 198 g/mol. The highest BCUT2D eigenvalue weighted by atomic mass is 14.8. The molecule has 0 aromatic carbocycles. The maximum atomic E-state index is 8.97. The summed E-state index contributed by atoms with van der Waals surface area (Å²) in [6, 6.07) is 2.23. The first-order chi connectivity index (χ1) is 7.72. The van der Waals surface area contributed by atoms with E-state index in [0.717, 1.165) is 32.1 Å². The number of nitrogens with zero attached hydrogens (tertiary/aromatic N) is 2. The van der Waals surface area contributed by atoms with Crippen LogP contribution in [0.4, 0.5) is 0 Å². The summed E-state index contributed by atoms with van der Waals surface area (Å²) in [5, 5.41) is 8.97. The maximum absolute atomic E-state index is 8.97. The topological polar surface area (TPSA) is 62.2 Å². The van der Waals surface area contributed by atoms with Gasteiger partial charge in [-0.1, -0.05) is 6.08 Å². The monoisotopic (exact) mass is 215 g/mol. The quantitative estimate of drug-likeness (QED) is 0.768. The number of hydrogen-bond acceptors (Lipinski definition) is 3. The standard InChI is InChI=1S/C13H17N3/c14-10-13(15)5-4-11(8-13)7-12-3-1-2-6-16-9-12/h1-2,6,9,11H,3-5,7-8,15H2. The first kappa shape index (κ1) is 11.1. The molecule has 1 aliphatic carbocycles. The van der Waals surface area contributed by atoms with Crippen molar-refractivity contribution in [3.05, 3.63) is 23.9 Å². The SMILES string of the molecule is N#CC1(N)CCC(CC2=CN=CC=CC2)C1. The van der Waals surface area contributed by atoms with Gasteiger partial charge in [-0.05, 0) is 49.7 Å². The van der Waals surface area contributed by atoms with Crippen LogP contribution in [0.15, 0.2) is 28.9 Å². The molecule has 0 radical (unpaired) electrons. The van der Waals surface area contributed by atoms with Crippen LogP contribution in [0.5, 0.6) is 0 Å². The molecule has 2 unspecified atom stereocenters. The highest BCUT2D eigenvalue weighted by molar-refractivity contribution is 5.72. The molecule has 0 spiro atoms. The number of nitrogens with two attached hydrogens (primary N) is 1. The van der Waals surface area contributed by atoms with Gasteiger partial charge in [0.1, 0.15) is 5.54 Å². The van der Waals surface area contributed by atoms with Crippen molar-refractivity contribution < 1.29 is 0 Å². The molecule has 84 valence electrons. The van der Waals surface area contributed by atoms with Crippen LogP contribution in [0.3, 0.4) is 0 Å². The van der Waals surface area contributed by atoms with Gasteiger partial charge in [-0.25, -0.2) is 0 Å². The second kappa shape index (κ2) is 4.63. The van der Waals surface area contributed by atoms with Crippen molar-refractivity contribution in [2.24, 2.45) is 16.6 Å². The highest BCUT2D eigenvalue weighted by Crippen LogP contribution is 2.36. The third-order valence-corrected chi connectivity index (χ3v) is 3.37. The van der Waals surface area contributed by atoms with E-state index >= 15 is 0 Å². The Morgan fingerprint density at radius 2 is 2.50 bits per heavy atom. The van der Waals surface area contributed by atoms with Gasteiger partial charge in [0.05, 0.1) is 6.07 Å². The molecule has 0 amide bonds. The Labute approximate surface area is 96.4 Å². The van der Waals surface area contributed by atoms with Crippen molar-refractivity contribution in [2.45, 2.75) is 37.6 Å². The van der Waals surface area contributed by atoms with Crippen LogP contribution in [-0.2, 0) is 0 Å². The summed E-state index contributed by atoms with van der Waals surface area (Å²) in [5.74, 6) is 0.553. The van der Waals surface area contributed by atoms with Crippen LogP contribution in [0, 0.1) is 17.2 Å². The zero-order valence-electron chi connectivity index (χ0n) is 9.39. The molecule has 2 aliphatic rings. The Kier molecular flexibility index (Phi) is 3.21. The third-order valence-electron chi connectivity index (χ3n) is 3.37. The summed E-state index contributed by atoms with van der Waals surface area (Å²) in [6.07, 6.45) is 12.6. The zero-order valence-corrected chi connectivity index (χ0v) is 9.39. The minimum atomic E-state index is -0.574. The van der Waals surface area contributed by atoms with E-state index in [1.807, 2.05) is 18.5 Å². The normalized spacial score (nSPS) is 33.2. The van der Waals surface area contributed by atoms with E-state index in [1.165, 1.54) is 5.57 Å². The molecule has 3 nitrogen and oxygen atoms in total. The van der Waals surface area contributed by atoms with Crippen LogP contribution in [-0.4, -0.2) is 11.8 Å². The first-order valence-electron chi connectivity index (χ1n) is 5.78. The number of rotatable bonds is 2. The van der Waals surface area contributed by atoms with Crippen molar-refractivity contribution in [1.29, 1.82) is 5.26 Å². The van der Waals surface area contributed by atoms with Crippen molar-refractivity contribution in [3.63, 3.8) is 0 Å². The summed E-state index contributed by atoms with van der Waals surface area (Å²) >= 11 is 0. The van der Waals surface area contributed by atoms with Gasteiger partial charge in [-0.2, -0.15) is 5.26 Å². The van der Waals surface area contributed by atoms with Crippen LogP contribution in [0.1, 0.15) is 32.1 Å². The number of aliphatic imine (C=N–C) groups is 1. The fourth-order valence-electron chi connectivity index (χ4n) is 2.49. The van der Waals surface area contributed by atoms with Crippen LogP contribution in [0.25, 0.3) is 0 Å². The van der Waals surface area contributed by atoms with Gasteiger partial charge in [0.2, 0.25) is 0 Å². The molecule has 0 aromatic heterocycles. The lowest BCUT2D eigenvalue weighted by Gasteiger charge is -2.14. The van der Waals surface area contributed by atoms with Gasteiger partial charge >= 0.3 is 0 Å². The average molecular weight is 215 g/mol. The molecule has 16 heavy (non-hydrogen) atoms. The van der Waals surface area contributed by atoms with Crippen molar-refractivity contribution in [3.8, 4) is 6.07 Å². The van der Waals surface area contributed by atoms with Gasteiger partial charge in [0.25, 0.3) is 0 Å². The summed E-state index contributed by atoms with van der Waals surface area (Å²) < 4.78 is 0. The molecule has 1 aliphatic heterocycles. The Bertz CT molecular complexity index is 386. The molecule has 1 fully saturated rings. The van der Waals surface area contributed by atoms with E-state index in [2.05, 4.69) is 17.1 Å². The fourth-order valence-corrected chi connectivity index (χ4v) is 2.49. The molecule has 1 heterocycles. The van der Waals surface area contributed by atoms with Crippen molar-refractivity contribution in [2.75, 3.05) is 0 Å². The first-order valence-corrected chi connectivity index (χ1v) is 5.78. The Hall–Kier alpha value is -1.40. The third kappa shape index (κ3) is 2.59. The van der Waals surface area contributed by atoms with Gasteiger partial charge in [-0.3, -0.25) is 4.99 Å². The Morgan fingerprint density at radius 1 is 1.62 bits per heavy atom. The lowest BCUT2D eigenvalue weighted by atomic mass is 9.93. The van der Waals surface area contributed by atoms with E-state index in [-0.39, 0.29) is 0 Å². The van der Waals surface area contributed by atoms with E-state index in [4.69, 9.17) is 11.0 Å². The second-order valence-electron chi connectivity index (χ2n) is 4.80. The van der Waals surface area contributed by atoms with Crippen molar-refractivity contribution >= 4 is 6.21 Å². The summed E-state index contributed by atoms with van der Waals surface area (Å²) in [5.41, 5.74) is 6.73. The molecule has 0 aromatic rings. The van der Waals surface area contributed by atoms with E-state index in [1.54, 1.807) is 0 Å². The van der Waals surface area contributed by atoms with E-state index in [9.17, 15) is 0 Å². The summed E-state index contributed by atoms with van der Waals surface area (Å²) in [6.45, 7) is 0. The van der Waals surface area contributed by atoms with Gasteiger partial charge in [-0.15, -0.1) is 0 Å². The minimum absolute atomic E-state index is 0.553. The number of allylic oxidation sites excluding steroid dienone is 3. The van der Waals surface area contributed by atoms with Crippen LogP contribution >= 0.6 is 0 Å². The summed E-state index contributed by atoms with van der Waals surface area (Å²) in [7, 11) is 0. The molecule has 2 N–H and O–H groups in total. The smallest absolute Gasteiger partial charge is 0.104 e. The van der Waals surface area contributed by atoms with Gasteiger partial charge in [0, 0.05) is 12.4 Å². The molecule has 3 heteroatoms. The number of hydrogen-bond donors (Lipinski definition) is 1. The average Bonchev–Trinajstić information content (AvgIpc) is 2.51.